The Hall–Kier alpha value is -3.07. The first-order valence-electron chi connectivity index (χ1n) is 13.6. The number of pyridine rings is 1. The predicted molar refractivity (Wildman–Crippen MR) is 151 cm³/mol. The van der Waals surface area contributed by atoms with Gasteiger partial charge in [-0.15, -0.1) is 0 Å². The summed E-state index contributed by atoms with van der Waals surface area (Å²) in [6.45, 7) is 4.10. The zero-order valence-corrected chi connectivity index (χ0v) is 21.9. The number of rotatable bonds is 3. The molecule has 1 saturated carbocycles. The van der Waals surface area contributed by atoms with E-state index in [1.165, 1.54) is 36.9 Å². The molecular weight excluding hydrogens is 478 g/mol. The van der Waals surface area contributed by atoms with Crippen molar-refractivity contribution < 1.29 is 0 Å². The van der Waals surface area contributed by atoms with E-state index in [0.717, 1.165) is 49.0 Å². The third-order valence-electron chi connectivity index (χ3n) is 8.64. The van der Waals surface area contributed by atoms with Crippen molar-refractivity contribution in [2.75, 3.05) is 36.0 Å². The van der Waals surface area contributed by atoms with Crippen molar-refractivity contribution in [2.24, 2.45) is 11.8 Å². The average molecular weight is 512 g/mol. The van der Waals surface area contributed by atoms with Crippen LogP contribution in [0.2, 0.25) is 5.02 Å². The molecule has 3 aromatic rings. The van der Waals surface area contributed by atoms with E-state index >= 15 is 0 Å². The highest BCUT2D eigenvalue weighted by atomic mass is 35.5. The van der Waals surface area contributed by atoms with Gasteiger partial charge >= 0.3 is 0 Å². The first-order valence-corrected chi connectivity index (χ1v) is 14.0. The number of hydrogen-bond acceptors (Lipinski definition) is 5. The lowest BCUT2D eigenvalue weighted by atomic mass is 9.80. The van der Waals surface area contributed by atoms with Crippen LogP contribution in [0.3, 0.4) is 0 Å². The van der Waals surface area contributed by atoms with E-state index in [2.05, 4.69) is 51.5 Å². The first kappa shape index (κ1) is 24.3. The molecule has 3 heterocycles. The van der Waals surface area contributed by atoms with Gasteiger partial charge in [0.15, 0.2) is 0 Å². The Labute approximate surface area is 225 Å². The van der Waals surface area contributed by atoms with Gasteiger partial charge in [-0.2, -0.15) is 5.26 Å². The molecule has 5 nitrogen and oxygen atoms in total. The summed E-state index contributed by atoms with van der Waals surface area (Å²) in [5.41, 5.74) is 4.22. The van der Waals surface area contributed by atoms with Crippen molar-refractivity contribution in [2.45, 2.75) is 44.2 Å². The molecule has 2 saturated heterocycles. The summed E-state index contributed by atoms with van der Waals surface area (Å²) in [6.07, 6.45) is 8.26. The molecule has 0 bridgehead atoms. The van der Waals surface area contributed by atoms with E-state index in [1.807, 2.05) is 36.5 Å². The zero-order chi connectivity index (χ0) is 25.2. The molecule has 0 radical (unpaired) electrons. The van der Waals surface area contributed by atoms with Crippen molar-refractivity contribution in [3.05, 3.63) is 77.4 Å². The van der Waals surface area contributed by atoms with Crippen LogP contribution in [0.15, 0.2) is 66.9 Å². The minimum Gasteiger partial charge on any atom is -0.371 e. The second kappa shape index (κ2) is 10.7. The number of nitriles is 1. The molecule has 37 heavy (non-hydrogen) atoms. The number of anilines is 2. The molecule has 4 atom stereocenters. The lowest BCUT2D eigenvalue weighted by Crippen LogP contribution is -2.60. The third kappa shape index (κ3) is 5.19. The summed E-state index contributed by atoms with van der Waals surface area (Å²) in [7, 11) is 0. The number of hydrogen-bond donors (Lipinski definition) is 1. The number of nitrogens with one attached hydrogen (secondary N) is 1. The van der Waals surface area contributed by atoms with Crippen molar-refractivity contribution in [3.63, 3.8) is 0 Å². The third-order valence-corrected chi connectivity index (χ3v) is 8.87. The van der Waals surface area contributed by atoms with Crippen LogP contribution in [0.4, 0.5) is 11.5 Å². The Morgan fingerprint density at radius 3 is 2.59 bits per heavy atom. The van der Waals surface area contributed by atoms with Crippen molar-refractivity contribution in [1.82, 2.24) is 10.3 Å². The SMILES string of the molecule is N#Cc1ccc(N2CCC3C(CNC4CCCCC4CN3c3cc(-c4cccc(Cl)c4)ccn3)C2)cc1. The maximum Gasteiger partial charge on any atom is 0.129 e. The summed E-state index contributed by atoms with van der Waals surface area (Å²) >= 11 is 6.32. The second-order valence-electron chi connectivity index (χ2n) is 10.8. The number of fused-ring (bicyclic) bond motifs is 2. The van der Waals surface area contributed by atoms with Gasteiger partial charge in [0, 0.05) is 61.1 Å². The number of halogens is 1. The smallest absolute Gasteiger partial charge is 0.129 e. The summed E-state index contributed by atoms with van der Waals surface area (Å²) in [4.78, 5) is 10.1. The molecular formula is C31H34ClN5. The monoisotopic (exact) mass is 511 g/mol. The maximum atomic E-state index is 9.20. The predicted octanol–water partition coefficient (Wildman–Crippen LogP) is 6.14. The molecule has 2 aromatic carbocycles. The van der Waals surface area contributed by atoms with E-state index in [-0.39, 0.29) is 0 Å². The summed E-state index contributed by atoms with van der Waals surface area (Å²) in [6, 6.07) is 23.8. The summed E-state index contributed by atoms with van der Waals surface area (Å²) < 4.78 is 0. The molecule has 1 aliphatic carbocycles. The molecule has 4 unspecified atom stereocenters. The highest BCUT2D eigenvalue weighted by Gasteiger charge is 2.39. The lowest BCUT2D eigenvalue weighted by molar-refractivity contribution is 0.202. The van der Waals surface area contributed by atoms with Crippen molar-refractivity contribution >= 4 is 23.1 Å². The minimum atomic E-state index is 0.437. The lowest BCUT2D eigenvalue weighted by Gasteiger charge is -2.50. The fourth-order valence-electron chi connectivity index (χ4n) is 6.68. The highest BCUT2D eigenvalue weighted by Crippen LogP contribution is 2.36. The Bertz CT molecular complexity index is 1270. The number of piperidine rings is 1. The molecule has 6 rings (SSSR count). The van der Waals surface area contributed by atoms with Gasteiger partial charge in [-0.25, -0.2) is 4.98 Å². The van der Waals surface area contributed by atoms with E-state index in [4.69, 9.17) is 16.6 Å². The van der Waals surface area contributed by atoms with Crippen LogP contribution in [-0.4, -0.2) is 43.2 Å². The van der Waals surface area contributed by atoms with E-state index < -0.39 is 0 Å². The van der Waals surface area contributed by atoms with Crippen LogP contribution in [0.5, 0.6) is 0 Å². The summed E-state index contributed by atoms with van der Waals surface area (Å²) in [5, 5.41) is 14.0. The molecule has 3 aliphatic rings. The zero-order valence-electron chi connectivity index (χ0n) is 21.2. The average Bonchev–Trinajstić information content (AvgIpc) is 2.94. The Morgan fingerprint density at radius 2 is 1.76 bits per heavy atom. The molecule has 6 heteroatoms. The van der Waals surface area contributed by atoms with Gasteiger partial charge in [-0.1, -0.05) is 36.6 Å². The van der Waals surface area contributed by atoms with E-state index in [1.54, 1.807) is 0 Å². The van der Waals surface area contributed by atoms with Gasteiger partial charge in [0.25, 0.3) is 0 Å². The summed E-state index contributed by atoms with van der Waals surface area (Å²) in [5.74, 6) is 2.23. The van der Waals surface area contributed by atoms with Crippen molar-refractivity contribution in [3.8, 4) is 17.2 Å². The largest absolute Gasteiger partial charge is 0.371 e. The van der Waals surface area contributed by atoms with Crippen molar-refractivity contribution in [1.29, 1.82) is 5.26 Å². The minimum absolute atomic E-state index is 0.437. The number of benzene rings is 2. The molecule has 190 valence electrons. The molecule has 0 spiro atoms. The van der Waals surface area contributed by atoms with Crippen LogP contribution in [-0.2, 0) is 0 Å². The van der Waals surface area contributed by atoms with Gasteiger partial charge in [-0.3, -0.25) is 0 Å². The first-order chi connectivity index (χ1) is 18.2. The molecule has 0 amide bonds. The maximum absolute atomic E-state index is 9.20. The molecule has 3 fully saturated rings. The highest BCUT2D eigenvalue weighted by molar-refractivity contribution is 6.30. The Kier molecular flexibility index (Phi) is 7.04. The standard InChI is InChI=1S/C31H34ClN5/c32-27-6-3-5-23(16-27)24-12-14-34-31(17-24)37-21-25-4-1-2-7-29(25)35-19-26-20-36(15-13-30(26)37)28-10-8-22(18-33)9-11-28/h3,5-6,8-12,14,16-17,25-26,29-30,35H,1-2,4,7,13,15,19-21H2. The van der Waals surface area contributed by atoms with Crippen LogP contribution in [0.1, 0.15) is 37.7 Å². The molecule has 1 aromatic heterocycles. The quantitative estimate of drug-likeness (QED) is 0.458. The van der Waals surface area contributed by atoms with Gasteiger partial charge in [-0.05, 0) is 84.8 Å². The fraction of sp³-hybridized carbons (Fsp3) is 0.419. The molecule has 1 N–H and O–H groups in total. The normalized spacial score (nSPS) is 25.8. The van der Waals surface area contributed by atoms with Crippen LogP contribution < -0.4 is 15.1 Å². The van der Waals surface area contributed by atoms with Gasteiger partial charge in [0.2, 0.25) is 0 Å². The molecule has 2 aliphatic heterocycles. The second-order valence-corrected chi connectivity index (χ2v) is 11.3. The van der Waals surface area contributed by atoms with Gasteiger partial charge in [0.05, 0.1) is 11.6 Å². The van der Waals surface area contributed by atoms with Crippen LogP contribution in [0.25, 0.3) is 11.1 Å². The topological polar surface area (TPSA) is 55.2 Å². The number of nitrogens with zero attached hydrogens (tertiary/aromatic N) is 4. The van der Waals surface area contributed by atoms with Gasteiger partial charge in [0.1, 0.15) is 5.82 Å². The van der Waals surface area contributed by atoms with Gasteiger partial charge < -0.3 is 15.1 Å². The van der Waals surface area contributed by atoms with E-state index in [9.17, 15) is 5.26 Å². The Morgan fingerprint density at radius 1 is 0.919 bits per heavy atom. The van der Waals surface area contributed by atoms with Crippen LogP contribution >= 0.6 is 11.6 Å². The number of aromatic nitrogens is 1. The van der Waals surface area contributed by atoms with E-state index in [0.29, 0.717) is 29.5 Å². The Balaban J connectivity index is 1.31. The van der Waals surface area contributed by atoms with Crippen LogP contribution in [0, 0.1) is 23.2 Å². The fourth-order valence-corrected chi connectivity index (χ4v) is 6.87.